The number of carbonyl (C=O) groups is 2. The zero-order valence-corrected chi connectivity index (χ0v) is 18.8. The van der Waals surface area contributed by atoms with Crippen LogP contribution in [0.1, 0.15) is 48.2 Å². The van der Waals surface area contributed by atoms with Crippen LogP contribution in [0.2, 0.25) is 5.02 Å². The molecule has 0 radical (unpaired) electrons. The molecule has 1 atom stereocenters. The fourth-order valence-corrected chi connectivity index (χ4v) is 3.69. The van der Waals surface area contributed by atoms with E-state index in [9.17, 15) is 9.59 Å². The minimum Gasteiger partial charge on any atom is -0.354 e. The number of rotatable bonds is 8. The number of para-hydroxylation sites is 2. The van der Waals surface area contributed by atoms with Gasteiger partial charge in [0.1, 0.15) is 0 Å². The largest absolute Gasteiger partial charge is 0.354 e. The van der Waals surface area contributed by atoms with Crippen molar-refractivity contribution in [2.75, 3.05) is 10.6 Å². The van der Waals surface area contributed by atoms with Crippen molar-refractivity contribution in [3.05, 3.63) is 88.4 Å². The van der Waals surface area contributed by atoms with Gasteiger partial charge in [0.05, 0.1) is 16.4 Å². The summed E-state index contributed by atoms with van der Waals surface area (Å²) in [6, 6.07) is 20.2. The average molecular weight is 435 g/mol. The van der Waals surface area contributed by atoms with Gasteiger partial charge in [0.15, 0.2) is 5.78 Å². The van der Waals surface area contributed by atoms with Crippen molar-refractivity contribution in [3.8, 4) is 0 Å². The van der Waals surface area contributed by atoms with Gasteiger partial charge >= 0.3 is 0 Å². The van der Waals surface area contributed by atoms with E-state index in [1.807, 2.05) is 62.4 Å². The van der Waals surface area contributed by atoms with Crippen molar-refractivity contribution in [3.63, 3.8) is 0 Å². The van der Waals surface area contributed by atoms with Crippen LogP contribution in [0.3, 0.4) is 0 Å². The highest BCUT2D eigenvalue weighted by Crippen LogP contribution is 2.30. The maximum Gasteiger partial charge on any atom is 0.227 e. The molecule has 0 saturated carbocycles. The molecule has 1 amide bonds. The van der Waals surface area contributed by atoms with Gasteiger partial charge < -0.3 is 10.6 Å². The molecule has 0 aliphatic rings. The maximum absolute atomic E-state index is 12.9. The monoisotopic (exact) mass is 434 g/mol. The summed E-state index contributed by atoms with van der Waals surface area (Å²) in [7, 11) is 0. The topological polar surface area (TPSA) is 58.2 Å². The third kappa shape index (κ3) is 5.53. The lowest BCUT2D eigenvalue weighted by atomic mass is 9.99. The summed E-state index contributed by atoms with van der Waals surface area (Å²) >= 11 is 6.46. The second kappa shape index (κ2) is 10.3. The van der Waals surface area contributed by atoms with Crippen molar-refractivity contribution in [2.24, 2.45) is 5.92 Å². The van der Waals surface area contributed by atoms with Gasteiger partial charge in [-0.15, -0.1) is 0 Å². The van der Waals surface area contributed by atoms with Crippen LogP contribution in [0.4, 0.5) is 17.1 Å². The van der Waals surface area contributed by atoms with Gasteiger partial charge in [-0.2, -0.15) is 0 Å². The molecule has 0 saturated heterocycles. The normalized spacial score (nSPS) is 11.6. The van der Waals surface area contributed by atoms with Crippen LogP contribution in [0.25, 0.3) is 0 Å². The molecule has 3 rings (SSSR count). The Balaban J connectivity index is 1.80. The Kier molecular flexibility index (Phi) is 7.48. The number of hydrogen-bond acceptors (Lipinski definition) is 3. The molecule has 0 aliphatic carbocycles. The summed E-state index contributed by atoms with van der Waals surface area (Å²) in [4.78, 5) is 25.3. The van der Waals surface area contributed by atoms with E-state index < -0.39 is 0 Å². The van der Waals surface area contributed by atoms with Gasteiger partial charge in [-0.3, -0.25) is 9.59 Å². The summed E-state index contributed by atoms with van der Waals surface area (Å²) in [6.07, 6.45) is 1.80. The van der Waals surface area contributed by atoms with Crippen LogP contribution in [-0.2, 0) is 4.79 Å². The third-order valence-electron chi connectivity index (χ3n) is 5.24. The summed E-state index contributed by atoms with van der Waals surface area (Å²) in [5.41, 5.74) is 4.19. The zero-order valence-electron chi connectivity index (χ0n) is 18.0. The van der Waals surface area contributed by atoms with Crippen LogP contribution >= 0.6 is 11.6 Å². The van der Waals surface area contributed by atoms with Crippen molar-refractivity contribution in [2.45, 2.75) is 33.6 Å². The van der Waals surface area contributed by atoms with Crippen LogP contribution in [0, 0.1) is 12.8 Å². The highest BCUT2D eigenvalue weighted by atomic mass is 35.5. The van der Waals surface area contributed by atoms with E-state index in [-0.39, 0.29) is 17.6 Å². The second-order valence-corrected chi connectivity index (χ2v) is 8.10. The van der Waals surface area contributed by atoms with E-state index in [0.29, 0.717) is 21.8 Å². The van der Waals surface area contributed by atoms with Gasteiger partial charge in [-0.25, -0.2) is 0 Å². The molecule has 1 unspecified atom stereocenters. The first kappa shape index (κ1) is 22.6. The van der Waals surface area contributed by atoms with Gasteiger partial charge in [0.25, 0.3) is 0 Å². The van der Waals surface area contributed by atoms with Gasteiger partial charge in [-0.1, -0.05) is 68.3 Å². The molecule has 0 fully saturated rings. The highest BCUT2D eigenvalue weighted by Gasteiger charge is 2.16. The van der Waals surface area contributed by atoms with E-state index in [1.165, 1.54) is 0 Å². The van der Waals surface area contributed by atoms with E-state index in [1.54, 1.807) is 18.2 Å². The van der Waals surface area contributed by atoms with Crippen LogP contribution in [0.15, 0.2) is 66.7 Å². The molecule has 2 N–H and O–H groups in total. The number of nitrogens with one attached hydrogen (secondary N) is 2. The molecule has 3 aromatic rings. The minimum absolute atomic E-state index is 0.00620. The van der Waals surface area contributed by atoms with Crippen LogP contribution < -0.4 is 10.6 Å². The third-order valence-corrected chi connectivity index (χ3v) is 5.55. The van der Waals surface area contributed by atoms with Crippen LogP contribution in [-0.4, -0.2) is 11.7 Å². The van der Waals surface area contributed by atoms with Crippen molar-refractivity contribution >= 4 is 40.4 Å². The van der Waals surface area contributed by atoms with Gasteiger partial charge in [0.2, 0.25) is 5.91 Å². The molecule has 0 bridgehead atoms. The van der Waals surface area contributed by atoms with Crippen molar-refractivity contribution < 1.29 is 9.59 Å². The number of benzene rings is 3. The summed E-state index contributed by atoms with van der Waals surface area (Å²) in [6.45, 7) is 5.90. The van der Waals surface area contributed by atoms with E-state index >= 15 is 0 Å². The molecule has 5 heteroatoms. The van der Waals surface area contributed by atoms with E-state index in [0.717, 1.165) is 29.8 Å². The Morgan fingerprint density at radius 1 is 0.935 bits per heavy atom. The Morgan fingerprint density at radius 3 is 2.29 bits per heavy atom. The van der Waals surface area contributed by atoms with E-state index in [4.69, 9.17) is 11.6 Å². The number of aryl methyl sites for hydroxylation is 1. The highest BCUT2D eigenvalue weighted by molar-refractivity contribution is 6.35. The number of halogens is 1. The Labute approximate surface area is 188 Å². The molecule has 31 heavy (non-hydrogen) atoms. The SMILES string of the molecule is CCCC(C)C(=O)Nc1ccccc1Nc1ccc(C(=O)c2ccccc2C)c(Cl)c1. The first-order chi connectivity index (χ1) is 14.9. The Bertz CT molecular complexity index is 1090. The van der Waals surface area contributed by atoms with E-state index in [2.05, 4.69) is 17.6 Å². The number of hydrogen-bond donors (Lipinski definition) is 2. The Hall–Kier alpha value is -3.11. The summed E-state index contributed by atoms with van der Waals surface area (Å²) < 4.78 is 0. The fourth-order valence-electron chi connectivity index (χ4n) is 3.43. The van der Waals surface area contributed by atoms with Gasteiger partial charge in [0, 0.05) is 22.7 Å². The zero-order chi connectivity index (χ0) is 22.4. The van der Waals surface area contributed by atoms with Crippen LogP contribution in [0.5, 0.6) is 0 Å². The predicted molar refractivity (Wildman–Crippen MR) is 128 cm³/mol. The lowest BCUT2D eigenvalue weighted by molar-refractivity contribution is -0.119. The fraction of sp³-hybridized carbons (Fsp3) is 0.231. The molecular formula is C26H27ClN2O2. The Morgan fingerprint density at radius 2 is 1.61 bits per heavy atom. The molecule has 0 spiro atoms. The molecular weight excluding hydrogens is 408 g/mol. The number of ketones is 1. The number of carbonyl (C=O) groups excluding carboxylic acids is 2. The number of anilines is 3. The lowest BCUT2D eigenvalue weighted by Crippen LogP contribution is -2.20. The molecule has 160 valence electrons. The average Bonchev–Trinajstić information content (AvgIpc) is 2.75. The standard InChI is InChI=1S/C26H27ClN2O2/c1-4-9-18(3)26(31)29-24-13-8-7-12-23(24)28-19-14-15-21(22(27)16-19)25(30)20-11-6-5-10-17(20)2/h5-8,10-16,18,28H,4,9H2,1-3H3,(H,29,31). The molecule has 4 nitrogen and oxygen atoms in total. The lowest BCUT2D eigenvalue weighted by Gasteiger charge is -2.16. The molecule has 3 aromatic carbocycles. The first-order valence-electron chi connectivity index (χ1n) is 10.5. The summed E-state index contributed by atoms with van der Waals surface area (Å²) in [5.74, 6) is -0.167. The second-order valence-electron chi connectivity index (χ2n) is 7.69. The smallest absolute Gasteiger partial charge is 0.227 e. The summed E-state index contributed by atoms with van der Waals surface area (Å²) in [5, 5.41) is 6.67. The van der Waals surface area contributed by atoms with Crippen molar-refractivity contribution in [1.82, 2.24) is 0 Å². The first-order valence-corrected chi connectivity index (χ1v) is 10.8. The minimum atomic E-state index is -0.104. The predicted octanol–water partition coefficient (Wildman–Crippen LogP) is 7.00. The van der Waals surface area contributed by atoms with Gasteiger partial charge in [-0.05, 0) is 49.2 Å². The quantitative estimate of drug-likeness (QED) is 0.375. The molecule has 0 heterocycles. The molecule has 0 aliphatic heterocycles. The number of amides is 1. The van der Waals surface area contributed by atoms with Crippen molar-refractivity contribution in [1.29, 1.82) is 0 Å². The maximum atomic E-state index is 12.9. The molecule has 0 aromatic heterocycles.